The van der Waals surface area contributed by atoms with Crippen LogP contribution in [0, 0.1) is 0 Å². The third-order valence-electron chi connectivity index (χ3n) is 9.56. The van der Waals surface area contributed by atoms with Crippen LogP contribution >= 0.6 is 27.3 Å². The third kappa shape index (κ3) is 5.06. The van der Waals surface area contributed by atoms with E-state index in [1.807, 2.05) is 72.0 Å². The van der Waals surface area contributed by atoms with E-state index >= 15 is 0 Å². The Morgan fingerprint density at radius 2 is 1.06 bits per heavy atom. The molecular formula is C45H27BrN4S. The van der Waals surface area contributed by atoms with Crippen LogP contribution in [0.3, 0.4) is 0 Å². The van der Waals surface area contributed by atoms with Crippen molar-refractivity contribution in [2.45, 2.75) is 0 Å². The van der Waals surface area contributed by atoms with Gasteiger partial charge in [0, 0.05) is 42.0 Å². The van der Waals surface area contributed by atoms with Crippen LogP contribution in [0.15, 0.2) is 168 Å². The summed E-state index contributed by atoms with van der Waals surface area (Å²) in [6.45, 7) is 0. The first-order valence-corrected chi connectivity index (χ1v) is 18.4. The average Bonchev–Trinajstić information content (AvgIpc) is 3.71. The van der Waals surface area contributed by atoms with Crippen molar-refractivity contribution < 1.29 is 0 Å². The highest BCUT2D eigenvalue weighted by Gasteiger charge is 2.19. The minimum Gasteiger partial charge on any atom is -0.278 e. The first-order chi connectivity index (χ1) is 25.2. The zero-order valence-corrected chi connectivity index (χ0v) is 29.6. The van der Waals surface area contributed by atoms with Crippen molar-refractivity contribution in [3.8, 4) is 50.3 Å². The van der Waals surface area contributed by atoms with E-state index in [-0.39, 0.29) is 0 Å². The van der Waals surface area contributed by atoms with Crippen molar-refractivity contribution in [2.24, 2.45) is 0 Å². The van der Waals surface area contributed by atoms with Gasteiger partial charge in [0.15, 0.2) is 11.6 Å². The maximum absolute atomic E-state index is 5.08. The molecule has 3 heterocycles. The van der Waals surface area contributed by atoms with Crippen molar-refractivity contribution in [3.63, 3.8) is 0 Å². The number of aromatic nitrogens is 4. The summed E-state index contributed by atoms with van der Waals surface area (Å²) in [7, 11) is 0. The van der Waals surface area contributed by atoms with Crippen LogP contribution in [0.2, 0.25) is 0 Å². The summed E-state index contributed by atoms with van der Waals surface area (Å²) in [4.78, 5) is 16.3. The predicted octanol–water partition coefficient (Wildman–Crippen LogP) is 12.8. The molecule has 0 fully saturated rings. The number of fused-ring (bicyclic) bond motifs is 5. The molecule has 0 spiro atoms. The first kappa shape index (κ1) is 29.9. The van der Waals surface area contributed by atoms with Crippen LogP contribution < -0.4 is 0 Å². The van der Waals surface area contributed by atoms with Gasteiger partial charge in [0.05, 0.1) is 15.9 Å². The Morgan fingerprint density at radius 1 is 0.451 bits per heavy atom. The zero-order valence-electron chi connectivity index (χ0n) is 27.2. The standard InChI is InChI=1S/C45H27BrN4S/c46-41-36-24-22-32(27-40(36)51-42(41)35-20-11-17-28-12-7-8-18-33(28)35)31-23-25-39-37(26-31)34-19-9-10-21-38(34)50(39)45-48-43(29-13-3-1-4-14-29)47-44(49-45)30-15-5-2-6-16-30/h1-27H. The zero-order chi connectivity index (χ0) is 33.9. The van der Waals surface area contributed by atoms with E-state index in [2.05, 4.69) is 124 Å². The molecule has 7 aromatic carbocycles. The van der Waals surface area contributed by atoms with Crippen LogP contribution in [0.5, 0.6) is 0 Å². The highest BCUT2D eigenvalue weighted by atomic mass is 79.9. The molecule has 0 atom stereocenters. The number of halogens is 1. The molecule has 3 aromatic heterocycles. The van der Waals surface area contributed by atoms with Gasteiger partial charge in [-0.2, -0.15) is 9.97 Å². The van der Waals surface area contributed by atoms with Gasteiger partial charge in [0.2, 0.25) is 5.95 Å². The highest BCUT2D eigenvalue weighted by Crippen LogP contribution is 2.46. The molecule has 6 heteroatoms. The number of nitrogens with zero attached hydrogens (tertiary/aromatic N) is 4. The SMILES string of the molecule is Brc1c(-c2cccc3ccccc23)sc2cc(-c3ccc4c(c3)c3ccccc3n4-c3nc(-c4ccccc4)nc(-c4ccccc4)n3)ccc12. The highest BCUT2D eigenvalue weighted by molar-refractivity contribution is 9.10. The molecule has 0 aliphatic heterocycles. The Labute approximate surface area is 306 Å². The predicted molar refractivity (Wildman–Crippen MR) is 216 cm³/mol. The number of thiophene rings is 1. The molecule has 10 aromatic rings. The molecule has 0 bridgehead atoms. The molecule has 10 rings (SSSR count). The number of rotatable bonds is 5. The minimum atomic E-state index is 0.590. The van der Waals surface area contributed by atoms with Gasteiger partial charge < -0.3 is 0 Å². The molecule has 0 unspecified atom stereocenters. The van der Waals surface area contributed by atoms with Crippen LogP contribution in [-0.2, 0) is 0 Å². The van der Waals surface area contributed by atoms with Crippen molar-refractivity contribution in [1.82, 2.24) is 19.5 Å². The van der Waals surface area contributed by atoms with Crippen molar-refractivity contribution >= 4 is 69.9 Å². The molecule has 4 nitrogen and oxygen atoms in total. The van der Waals surface area contributed by atoms with Gasteiger partial charge in [-0.3, -0.25) is 4.57 Å². The fourth-order valence-electron chi connectivity index (χ4n) is 7.11. The summed E-state index contributed by atoms with van der Waals surface area (Å²) < 4.78 is 4.56. The third-order valence-corrected chi connectivity index (χ3v) is 11.8. The summed E-state index contributed by atoms with van der Waals surface area (Å²) in [6, 6.07) is 57.4. The van der Waals surface area contributed by atoms with E-state index in [4.69, 9.17) is 15.0 Å². The molecular weight excluding hydrogens is 708 g/mol. The van der Waals surface area contributed by atoms with E-state index in [0.29, 0.717) is 17.6 Å². The van der Waals surface area contributed by atoms with Crippen molar-refractivity contribution in [3.05, 3.63) is 168 Å². The van der Waals surface area contributed by atoms with Crippen LogP contribution in [0.1, 0.15) is 0 Å². The van der Waals surface area contributed by atoms with E-state index in [0.717, 1.165) is 43.0 Å². The Bertz CT molecular complexity index is 2870. The average molecular weight is 736 g/mol. The number of hydrogen-bond donors (Lipinski definition) is 0. The van der Waals surface area contributed by atoms with Gasteiger partial charge in [-0.25, -0.2) is 4.98 Å². The van der Waals surface area contributed by atoms with Crippen molar-refractivity contribution in [1.29, 1.82) is 0 Å². The van der Waals surface area contributed by atoms with Gasteiger partial charge in [-0.15, -0.1) is 11.3 Å². The number of hydrogen-bond acceptors (Lipinski definition) is 4. The maximum atomic E-state index is 5.08. The Morgan fingerprint density at radius 3 is 1.82 bits per heavy atom. The van der Waals surface area contributed by atoms with E-state index in [9.17, 15) is 0 Å². The lowest BCUT2D eigenvalue weighted by Crippen LogP contribution is -2.06. The van der Waals surface area contributed by atoms with Gasteiger partial charge in [0.25, 0.3) is 0 Å². The van der Waals surface area contributed by atoms with Gasteiger partial charge in [-0.1, -0.05) is 140 Å². The Kier molecular flexibility index (Phi) is 7.11. The molecule has 0 saturated carbocycles. The fraction of sp³-hybridized carbons (Fsp3) is 0. The summed E-state index contributed by atoms with van der Waals surface area (Å²) in [5.41, 5.74) is 7.57. The summed E-state index contributed by atoms with van der Waals surface area (Å²) in [5, 5.41) is 6.03. The van der Waals surface area contributed by atoms with E-state index in [1.54, 1.807) is 0 Å². The van der Waals surface area contributed by atoms with E-state index in [1.165, 1.54) is 36.9 Å². The largest absolute Gasteiger partial charge is 0.278 e. The fourth-order valence-corrected chi connectivity index (χ4v) is 9.21. The smallest absolute Gasteiger partial charge is 0.238 e. The quantitative estimate of drug-likeness (QED) is 0.177. The summed E-state index contributed by atoms with van der Waals surface area (Å²) >= 11 is 5.80. The molecule has 0 saturated heterocycles. The van der Waals surface area contributed by atoms with E-state index < -0.39 is 0 Å². The molecule has 51 heavy (non-hydrogen) atoms. The van der Waals surface area contributed by atoms with Gasteiger partial charge in [0.1, 0.15) is 0 Å². The van der Waals surface area contributed by atoms with Crippen LogP contribution in [0.4, 0.5) is 0 Å². The topological polar surface area (TPSA) is 43.6 Å². The van der Waals surface area contributed by atoms with Crippen LogP contribution in [-0.4, -0.2) is 19.5 Å². The molecule has 0 aliphatic rings. The number of benzene rings is 7. The normalized spacial score (nSPS) is 11.6. The van der Waals surface area contributed by atoms with Crippen molar-refractivity contribution in [2.75, 3.05) is 0 Å². The second-order valence-corrected chi connectivity index (χ2v) is 14.4. The van der Waals surface area contributed by atoms with Gasteiger partial charge >= 0.3 is 0 Å². The molecule has 0 radical (unpaired) electrons. The Hall–Kier alpha value is -5.95. The molecule has 240 valence electrons. The van der Waals surface area contributed by atoms with Gasteiger partial charge in [-0.05, 0) is 62.1 Å². The minimum absolute atomic E-state index is 0.590. The lowest BCUT2D eigenvalue weighted by Gasteiger charge is -2.11. The monoisotopic (exact) mass is 734 g/mol. The second-order valence-electron chi connectivity index (χ2n) is 12.6. The maximum Gasteiger partial charge on any atom is 0.238 e. The first-order valence-electron chi connectivity index (χ1n) is 16.8. The second kappa shape index (κ2) is 12.1. The lowest BCUT2D eigenvalue weighted by molar-refractivity contribution is 0.953. The molecule has 0 amide bonds. The van der Waals surface area contributed by atoms with Crippen LogP contribution in [0.25, 0.3) is 93.0 Å². The lowest BCUT2D eigenvalue weighted by atomic mass is 10.0. The molecule has 0 N–H and O–H groups in total. The molecule has 0 aliphatic carbocycles. The summed E-state index contributed by atoms with van der Waals surface area (Å²) in [6.07, 6.45) is 0. The number of para-hydroxylation sites is 1. The summed E-state index contributed by atoms with van der Waals surface area (Å²) in [5.74, 6) is 1.87. The Balaban J connectivity index is 1.13.